The van der Waals surface area contributed by atoms with Gasteiger partial charge in [-0.3, -0.25) is 4.90 Å². The van der Waals surface area contributed by atoms with Gasteiger partial charge in [0.25, 0.3) is 0 Å². The number of fused-ring (bicyclic) bond motifs is 1. The Labute approximate surface area is 85.3 Å². The van der Waals surface area contributed by atoms with Gasteiger partial charge in [0.1, 0.15) is 0 Å². The fourth-order valence-corrected chi connectivity index (χ4v) is 2.89. The van der Waals surface area contributed by atoms with Gasteiger partial charge in [-0.15, -0.1) is 0 Å². The van der Waals surface area contributed by atoms with E-state index in [0.717, 1.165) is 19.5 Å². The summed E-state index contributed by atoms with van der Waals surface area (Å²) in [6.45, 7) is 4.19. The number of aliphatic hydroxyl groups excluding tert-OH is 1. The molecule has 0 aromatic rings. The lowest BCUT2D eigenvalue weighted by Gasteiger charge is -2.23. The molecule has 2 aliphatic rings. The maximum absolute atomic E-state index is 9.74. The van der Waals surface area contributed by atoms with E-state index in [9.17, 15) is 5.11 Å². The number of hydrogen-bond acceptors (Lipinski definition) is 3. The fraction of sp³-hybridized carbons (Fsp3) is 0.909. The summed E-state index contributed by atoms with van der Waals surface area (Å²) in [5.41, 5.74) is 0. The minimum Gasteiger partial charge on any atom is -0.393 e. The second-order valence-corrected chi connectivity index (χ2v) is 4.73. The first-order valence-corrected chi connectivity index (χ1v) is 5.51. The van der Waals surface area contributed by atoms with Gasteiger partial charge in [0, 0.05) is 25.0 Å². The number of nitriles is 1. The Balaban J connectivity index is 1.92. The SMILES string of the molecule is CC(CC#N)N1CC2CCC(O)C2C1. The van der Waals surface area contributed by atoms with Crippen molar-refractivity contribution in [3.05, 3.63) is 0 Å². The zero-order valence-electron chi connectivity index (χ0n) is 8.69. The van der Waals surface area contributed by atoms with E-state index >= 15 is 0 Å². The van der Waals surface area contributed by atoms with Crippen LogP contribution in [0.1, 0.15) is 26.2 Å². The van der Waals surface area contributed by atoms with Crippen LogP contribution in [0.25, 0.3) is 0 Å². The smallest absolute Gasteiger partial charge is 0.0638 e. The predicted octanol–water partition coefficient (Wildman–Crippen LogP) is 0.991. The molecule has 2 rings (SSSR count). The van der Waals surface area contributed by atoms with E-state index in [2.05, 4.69) is 17.9 Å². The van der Waals surface area contributed by atoms with E-state index in [1.165, 1.54) is 6.42 Å². The standard InChI is InChI=1S/C11H18N2O/c1-8(4-5-12)13-6-9-2-3-11(14)10(9)7-13/h8-11,14H,2-4,6-7H2,1H3. The van der Waals surface area contributed by atoms with Gasteiger partial charge >= 0.3 is 0 Å². The minimum atomic E-state index is -0.0840. The van der Waals surface area contributed by atoms with Crippen LogP contribution in [-0.4, -0.2) is 35.2 Å². The van der Waals surface area contributed by atoms with Gasteiger partial charge in [0.05, 0.1) is 18.6 Å². The van der Waals surface area contributed by atoms with E-state index in [1.807, 2.05) is 0 Å². The summed E-state index contributed by atoms with van der Waals surface area (Å²) in [7, 11) is 0. The Hall–Kier alpha value is -0.590. The summed E-state index contributed by atoms with van der Waals surface area (Å²) in [5, 5.41) is 18.4. The second kappa shape index (κ2) is 3.88. The normalized spacial score (nSPS) is 39.4. The second-order valence-electron chi connectivity index (χ2n) is 4.73. The Kier molecular flexibility index (Phi) is 2.76. The maximum atomic E-state index is 9.74. The molecule has 1 heterocycles. The summed E-state index contributed by atoms with van der Waals surface area (Å²) in [4.78, 5) is 2.36. The molecule has 1 saturated heterocycles. The number of rotatable bonds is 2. The van der Waals surface area contributed by atoms with E-state index < -0.39 is 0 Å². The van der Waals surface area contributed by atoms with Crippen LogP contribution in [0.3, 0.4) is 0 Å². The van der Waals surface area contributed by atoms with Crippen LogP contribution in [0, 0.1) is 23.2 Å². The Morgan fingerprint density at radius 1 is 1.50 bits per heavy atom. The van der Waals surface area contributed by atoms with Crippen molar-refractivity contribution in [1.29, 1.82) is 5.26 Å². The van der Waals surface area contributed by atoms with Crippen LogP contribution >= 0.6 is 0 Å². The Bertz CT molecular complexity index is 248. The highest BCUT2D eigenvalue weighted by atomic mass is 16.3. The monoisotopic (exact) mass is 194 g/mol. The van der Waals surface area contributed by atoms with E-state index in [4.69, 9.17) is 5.26 Å². The maximum Gasteiger partial charge on any atom is 0.0638 e. The van der Waals surface area contributed by atoms with Crippen LogP contribution in [-0.2, 0) is 0 Å². The van der Waals surface area contributed by atoms with Crippen molar-refractivity contribution in [2.45, 2.75) is 38.3 Å². The molecule has 0 aromatic carbocycles. The van der Waals surface area contributed by atoms with Crippen LogP contribution < -0.4 is 0 Å². The van der Waals surface area contributed by atoms with Crippen molar-refractivity contribution < 1.29 is 5.11 Å². The fourth-order valence-electron chi connectivity index (χ4n) is 2.89. The van der Waals surface area contributed by atoms with Crippen molar-refractivity contribution in [3.63, 3.8) is 0 Å². The van der Waals surface area contributed by atoms with Gasteiger partial charge in [0.2, 0.25) is 0 Å². The highest BCUT2D eigenvalue weighted by Gasteiger charge is 2.42. The summed E-state index contributed by atoms with van der Waals surface area (Å²) < 4.78 is 0. The molecule has 1 saturated carbocycles. The first-order valence-electron chi connectivity index (χ1n) is 5.51. The van der Waals surface area contributed by atoms with Crippen molar-refractivity contribution in [2.24, 2.45) is 11.8 Å². The molecule has 4 atom stereocenters. The molecule has 14 heavy (non-hydrogen) atoms. The van der Waals surface area contributed by atoms with Crippen molar-refractivity contribution in [2.75, 3.05) is 13.1 Å². The molecule has 0 aromatic heterocycles. The van der Waals surface area contributed by atoms with E-state index in [-0.39, 0.29) is 6.10 Å². The van der Waals surface area contributed by atoms with Crippen LogP contribution in [0.5, 0.6) is 0 Å². The highest BCUT2D eigenvalue weighted by Crippen LogP contribution is 2.38. The molecular weight excluding hydrogens is 176 g/mol. The largest absolute Gasteiger partial charge is 0.393 e. The molecular formula is C11H18N2O. The summed E-state index contributed by atoms with van der Waals surface area (Å²) >= 11 is 0. The Morgan fingerprint density at radius 3 is 2.93 bits per heavy atom. The molecule has 78 valence electrons. The number of likely N-dealkylation sites (tertiary alicyclic amines) is 1. The molecule has 2 fully saturated rings. The van der Waals surface area contributed by atoms with Gasteiger partial charge in [-0.25, -0.2) is 0 Å². The lowest BCUT2D eigenvalue weighted by Crippen LogP contribution is -2.32. The molecule has 3 nitrogen and oxygen atoms in total. The third-order valence-electron chi connectivity index (χ3n) is 3.86. The number of nitrogens with zero attached hydrogens (tertiary/aromatic N) is 2. The summed E-state index contributed by atoms with van der Waals surface area (Å²) in [6.07, 6.45) is 2.67. The lowest BCUT2D eigenvalue weighted by molar-refractivity contribution is 0.119. The molecule has 0 spiro atoms. The van der Waals surface area contributed by atoms with Crippen molar-refractivity contribution in [1.82, 2.24) is 4.90 Å². The molecule has 0 radical (unpaired) electrons. The molecule has 1 aliphatic carbocycles. The average Bonchev–Trinajstić information content (AvgIpc) is 2.69. The zero-order valence-corrected chi connectivity index (χ0v) is 8.69. The quantitative estimate of drug-likeness (QED) is 0.713. The number of aliphatic hydroxyl groups is 1. The molecule has 1 N–H and O–H groups in total. The van der Waals surface area contributed by atoms with Gasteiger partial charge in [-0.05, 0) is 25.7 Å². The van der Waals surface area contributed by atoms with Crippen LogP contribution in [0.15, 0.2) is 0 Å². The third kappa shape index (κ3) is 1.65. The zero-order chi connectivity index (χ0) is 10.1. The van der Waals surface area contributed by atoms with Crippen molar-refractivity contribution >= 4 is 0 Å². The summed E-state index contributed by atoms with van der Waals surface area (Å²) in [5.74, 6) is 1.17. The molecule has 1 aliphatic heterocycles. The van der Waals surface area contributed by atoms with Gasteiger partial charge in [0.15, 0.2) is 0 Å². The van der Waals surface area contributed by atoms with E-state index in [1.54, 1.807) is 0 Å². The number of hydrogen-bond donors (Lipinski definition) is 1. The van der Waals surface area contributed by atoms with Gasteiger partial charge < -0.3 is 5.11 Å². The first-order chi connectivity index (χ1) is 6.72. The molecule has 3 heteroatoms. The van der Waals surface area contributed by atoms with Crippen LogP contribution in [0.4, 0.5) is 0 Å². The topological polar surface area (TPSA) is 47.3 Å². The van der Waals surface area contributed by atoms with Gasteiger partial charge in [-0.1, -0.05) is 0 Å². The highest BCUT2D eigenvalue weighted by molar-refractivity contribution is 4.96. The molecule has 0 amide bonds. The third-order valence-corrected chi connectivity index (χ3v) is 3.86. The van der Waals surface area contributed by atoms with Gasteiger partial charge in [-0.2, -0.15) is 5.26 Å². The minimum absolute atomic E-state index is 0.0840. The van der Waals surface area contributed by atoms with Crippen molar-refractivity contribution in [3.8, 4) is 6.07 Å². The predicted molar refractivity (Wildman–Crippen MR) is 53.5 cm³/mol. The molecule has 0 bridgehead atoms. The Morgan fingerprint density at radius 2 is 2.29 bits per heavy atom. The lowest BCUT2D eigenvalue weighted by atomic mass is 10.00. The first kappa shape index (κ1) is 9.95. The summed E-state index contributed by atoms with van der Waals surface area (Å²) in [6, 6.07) is 2.58. The molecule has 4 unspecified atom stereocenters. The van der Waals surface area contributed by atoms with E-state index in [0.29, 0.717) is 24.3 Å². The van der Waals surface area contributed by atoms with Crippen LogP contribution in [0.2, 0.25) is 0 Å². The average molecular weight is 194 g/mol.